The Labute approximate surface area is 291 Å². The van der Waals surface area contributed by atoms with Crippen molar-refractivity contribution in [3.63, 3.8) is 0 Å². The first-order chi connectivity index (χ1) is 23.2. The van der Waals surface area contributed by atoms with Gasteiger partial charge in [0.15, 0.2) is 0 Å². The molecule has 0 aliphatic carbocycles. The summed E-state index contributed by atoms with van der Waals surface area (Å²) in [5.74, 6) is 1.29. The van der Waals surface area contributed by atoms with Gasteiger partial charge in [0, 0.05) is 47.7 Å². The minimum Gasteiger partial charge on any atom is -0.497 e. The molecule has 2 N–H and O–H groups in total. The van der Waals surface area contributed by atoms with Crippen molar-refractivity contribution < 1.29 is 18.4 Å². The van der Waals surface area contributed by atoms with E-state index in [1.165, 1.54) is 28.8 Å². The van der Waals surface area contributed by atoms with E-state index in [4.69, 9.17) is 9.72 Å². The van der Waals surface area contributed by atoms with Crippen LogP contribution in [0.5, 0.6) is 5.75 Å². The minimum atomic E-state index is -0.345. The Morgan fingerprint density at radius 1 is 1.02 bits per heavy atom. The first-order valence-corrected chi connectivity index (χ1v) is 17.6. The third kappa shape index (κ3) is 7.23. The number of amides is 2. The normalized spacial score (nSPS) is 22.8. The molecule has 0 unspecified atom stereocenters. The van der Waals surface area contributed by atoms with E-state index in [2.05, 4.69) is 95.2 Å². The van der Waals surface area contributed by atoms with Crippen LogP contribution in [0.25, 0.3) is 10.9 Å². The molecule has 0 saturated carbocycles. The molecule has 5 atom stereocenters. The minimum absolute atomic E-state index is 0.00744. The number of hydrogen-bond donors (Lipinski definition) is 2. The molecule has 49 heavy (non-hydrogen) atoms. The second-order valence-electron chi connectivity index (χ2n) is 16.3. The molecule has 3 saturated heterocycles. The van der Waals surface area contributed by atoms with Crippen LogP contribution in [-0.2, 0) is 17.4 Å². The molecule has 3 aromatic carbocycles. The second-order valence-corrected chi connectivity index (χ2v) is 16.3. The number of carbonyl (C=O) groups excluding carboxylic acids is 1. The number of hydrogen-bond acceptors (Lipinski definition) is 3. The fraction of sp³-hybridized carbons (Fsp3) is 0.429. The lowest BCUT2D eigenvalue weighted by Crippen LogP contribution is -2.69. The molecule has 4 aromatic rings. The van der Waals surface area contributed by atoms with Crippen LogP contribution in [0.1, 0.15) is 82.7 Å². The summed E-state index contributed by atoms with van der Waals surface area (Å²) in [5.41, 5.74) is 6.44. The van der Waals surface area contributed by atoms with Crippen LogP contribution in [0.2, 0.25) is 0 Å². The Morgan fingerprint density at radius 2 is 1.71 bits per heavy atom. The van der Waals surface area contributed by atoms with Crippen LogP contribution in [0.3, 0.4) is 0 Å². The summed E-state index contributed by atoms with van der Waals surface area (Å²) in [6.45, 7) is 20.9. The molecule has 3 aliphatic rings. The summed E-state index contributed by atoms with van der Waals surface area (Å²) in [7, 11) is 1.66. The van der Waals surface area contributed by atoms with Crippen molar-refractivity contribution in [1.82, 2.24) is 10.3 Å². The highest BCUT2D eigenvalue weighted by Crippen LogP contribution is 2.48. The van der Waals surface area contributed by atoms with Gasteiger partial charge in [0.05, 0.1) is 25.7 Å². The largest absolute Gasteiger partial charge is 0.497 e. The van der Waals surface area contributed by atoms with Crippen LogP contribution in [0.15, 0.2) is 85.6 Å². The molecule has 3 aliphatic heterocycles. The lowest BCUT2D eigenvalue weighted by atomic mass is 9.70. The Hall–Kier alpha value is -4.23. The number of pyridine rings is 1. The van der Waals surface area contributed by atoms with Crippen molar-refractivity contribution in [3.8, 4) is 5.75 Å². The number of fused-ring (bicyclic) bond motifs is 4. The number of urea groups is 1. The smallest absolute Gasteiger partial charge is 0.319 e. The summed E-state index contributed by atoms with van der Waals surface area (Å²) < 4.78 is 20.1. The van der Waals surface area contributed by atoms with Crippen molar-refractivity contribution in [2.75, 3.05) is 25.5 Å². The summed E-state index contributed by atoms with van der Waals surface area (Å²) in [4.78, 5) is 18.6. The number of nitrogens with zero attached hydrogens (tertiary/aromatic N) is 2. The topological polar surface area (TPSA) is 63.2 Å². The van der Waals surface area contributed by atoms with Gasteiger partial charge in [-0.2, -0.15) is 0 Å². The maximum absolute atomic E-state index is 13.9. The molecule has 2 bridgehead atoms. The number of rotatable bonds is 8. The third-order valence-corrected chi connectivity index (χ3v) is 11.0. The van der Waals surface area contributed by atoms with Crippen LogP contribution >= 0.6 is 0 Å². The Kier molecular flexibility index (Phi) is 9.35. The molecule has 4 heterocycles. The molecule has 0 spiro atoms. The first-order valence-electron chi connectivity index (χ1n) is 17.6. The quantitative estimate of drug-likeness (QED) is 0.146. The van der Waals surface area contributed by atoms with E-state index in [1.54, 1.807) is 19.2 Å². The fourth-order valence-electron chi connectivity index (χ4n) is 8.19. The van der Waals surface area contributed by atoms with Gasteiger partial charge in [-0.15, -0.1) is 6.58 Å². The Balaban J connectivity index is 1.47. The van der Waals surface area contributed by atoms with E-state index < -0.39 is 0 Å². The van der Waals surface area contributed by atoms with Crippen molar-refractivity contribution in [2.45, 2.75) is 83.8 Å². The number of benzene rings is 3. The third-order valence-electron chi connectivity index (χ3n) is 11.0. The fourth-order valence-corrected chi connectivity index (χ4v) is 8.19. The van der Waals surface area contributed by atoms with E-state index >= 15 is 0 Å². The molecule has 2 amide bonds. The molecule has 7 rings (SSSR count). The first kappa shape index (κ1) is 34.6. The molecule has 3 fully saturated rings. The van der Waals surface area contributed by atoms with E-state index in [0.717, 1.165) is 59.2 Å². The second kappa shape index (κ2) is 13.2. The number of aromatic nitrogens is 1. The SMILES string of the molecule is C=C[C@H]1C[N@+]2(Cc3cc(C(C)(C)C)cc(C(C)(C)C)c3)CC[C@H]1C[C@@H]2[C@@H](NC(=O)Nc1ccc(F)cc1)c1ccnc2cc(OC)ccc12. The summed E-state index contributed by atoms with van der Waals surface area (Å²) >= 11 is 0. The molecular weight excluding hydrogens is 611 g/mol. The van der Waals surface area contributed by atoms with Gasteiger partial charge in [-0.25, -0.2) is 9.18 Å². The van der Waals surface area contributed by atoms with Gasteiger partial charge in [-0.05, 0) is 88.0 Å². The number of anilines is 1. The zero-order chi connectivity index (χ0) is 35.1. The number of carbonyl (C=O) groups is 1. The van der Waals surface area contributed by atoms with Gasteiger partial charge in [0.2, 0.25) is 0 Å². The van der Waals surface area contributed by atoms with Gasteiger partial charge in [-0.3, -0.25) is 4.98 Å². The van der Waals surface area contributed by atoms with Crippen LogP contribution in [-0.4, -0.2) is 41.7 Å². The van der Waals surface area contributed by atoms with Crippen molar-refractivity contribution in [1.29, 1.82) is 0 Å². The van der Waals surface area contributed by atoms with Crippen LogP contribution < -0.4 is 15.4 Å². The zero-order valence-corrected chi connectivity index (χ0v) is 30.1. The molecule has 0 radical (unpaired) electrons. The molecule has 1 aromatic heterocycles. The van der Waals surface area contributed by atoms with E-state index in [0.29, 0.717) is 17.5 Å². The summed E-state index contributed by atoms with van der Waals surface area (Å²) in [5, 5.41) is 7.40. The van der Waals surface area contributed by atoms with Crippen molar-refractivity contribution in [2.24, 2.45) is 11.8 Å². The number of piperidine rings is 3. The van der Waals surface area contributed by atoms with Gasteiger partial charge in [0.1, 0.15) is 30.2 Å². The highest BCUT2D eigenvalue weighted by molar-refractivity contribution is 5.90. The van der Waals surface area contributed by atoms with Gasteiger partial charge in [0.25, 0.3) is 0 Å². The highest BCUT2D eigenvalue weighted by Gasteiger charge is 2.54. The van der Waals surface area contributed by atoms with E-state index in [-0.39, 0.29) is 34.8 Å². The van der Waals surface area contributed by atoms with Crippen molar-refractivity contribution in [3.05, 3.63) is 114 Å². The maximum atomic E-state index is 13.9. The van der Waals surface area contributed by atoms with Crippen LogP contribution in [0, 0.1) is 17.7 Å². The van der Waals surface area contributed by atoms with E-state index in [1.807, 2.05) is 18.3 Å². The molecule has 7 heteroatoms. The monoisotopic (exact) mass is 663 g/mol. The number of nitrogens with one attached hydrogen (secondary N) is 2. The summed E-state index contributed by atoms with van der Waals surface area (Å²) in [6, 6.07) is 20.6. The van der Waals surface area contributed by atoms with Gasteiger partial charge < -0.3 is 19.9 Å². The maximum Gasteiger partial charge on any atom is 0.319 e. The van der Waals surface area contributed by atoms with Crippen LogP contribution in [0.4, 0.5) is 14.9 Å². The lowest BCUT2D eigenvalue weighted by molar-refractivity contribution is -0.983. The molecule has 258 valence electrons. The number of methoxy groups -OCH3 is 1. The molecule has 6 nitrogen and oxygen atoms in total. The predicted octanol–water partition coefficient (Wildman–Crippen LogP) is 9.45. The lowest BCUT2D eigenvalue weighted by Gasteiger charge is -2.59. The van der Waals surface area contributed by atoms with Crippen molar-refractivity contribution >= 4 is 22.6 Å². The highest BCUT2D eigenvalue weighted by atomic mass is 19.1. The van der Waals surface area contributed by atoms with E-state index in [9.17, 15) is 9.18 Å². The van der Waals surface area contributed by atoms with Gasteiger partial charge >= 0.3 is 6.03 Å². The number of ether oxygens (including phenoxy) is 1. The Morgan fingerprint density at radius 3 is 2.35 bits per heavy atom. The average Bonchev–Trinajstić information content (AvgIpc) is 3.06. The predicted molar refractivity (Wildman–Crippen MR) is 197 cm³/mol. The number of halogens is 1. The standard InChI is InChI=1S/C42H51FN4O2/c1-9-28-26-47(25-27-20-30(41(2,3)4)23-31(21-27)42(5,6)7)19-17-29(28)22-38(47)39(46-40(48)45-33-12-10-32(43)11-13-33)36-16-18-44-37-24-34(49-8)14-15-35(36)37/h9-16,18,20-21,23-24,28-29,38-39H,1,17,19,22,25-26H2,2-8H3,(H-,45,46,48)/p+1/t28-,29-,38+,39-,47+/m0/s1. The number of quaternary nitrogens is 1. The summed E-state index contributed by atoms with van der Waals surface area (Å²) in [6.07, 6.45) is 6.08. The zero-order valence-electron chi connectivity index (χ0n) is 30.1. The molecular formula is C42H52FN4O2+. The average molecular weight is 664 g/mol. The van der Waals surface area contributed by atoms with Gasteiger partial charge in [-0.1, -0.05) is 53.7 Å². The Bertz CT molecular complexity index is 1810.